The third kappa shape index (κ3) is 6.85. The zero-order chi connectivity index (χ0) is 17.2. The van der Waals surface area contributed by atoms with Crippen molar-refractivity contribution >= 4 is 29.9 Å². The molecule has 0 amide bonds. The summed E-state index contributed by atoms with van der Waals surface area (Å²) in [5, 5.41) is 6.54. The van der Waals surface area contributed by atoms with E-state index in [-0.39, 0.29) is 24.0 Å². The van der Waals surface area contributed by atoms with Crippen LogP contribution in [0.3, 0.4) is 0 Å². The molecule has 2 N–H and O–H groups in total. The van der Waals surface area contributed by atoms with Crippen LogP contribution in [0.15, 0.2) is 46.0 Å². The molecule has 0 spiro atoms. The molecule has 2 rings (SSSR count). The van der Waals surface area contributed by atoms with E-state index in [1.54, 1.807) is 20.4 Å². The van der Waals surface area contributed by atoms with Crippen molar-refractivity contribution in [3.63, 3.8) is 0 Å². The van der Waals surface area contributed by atoms with E-state index >= 15 is 0 Å². The van der Waals surface area contributed by atoms with Gasteiger partial charge >= 0.3 is 0 Å². The van der Waals surface area contributed by atoms with Gasteiger partial charge in [0, 0.05) is 26.6 Å². The van der Waals surface area contributed by atoms with Gasteiger partial charge < -0.3 is 24.5 Å². The predicted octanol–water partition coefficient (Wildman–Crippen LogP) is 3.21. The van der Waals surface area contributed by atoms with Crippen LogP contribution >= 0.6 is 24.0 Å². The van der Waals surface area contributed by atoms with Crippen molar-refractivity contribution in [2.45, 2.75) is 19.9 Å². The Morgan fingerprint density at radius 2 is 2.04 bits per heavy atom. The number of hydrogen-bond acceptors (Lipinski definition) is 4. The summed E-state index contributed by atoms with van der Waals surface area (Å²) in [6.07, 6.45) is 2.49. The number of nitrogens with one attached hydrogen (secondary N) is 2. The van der Waals surface area contributed by atoms with Crippen LogP contribution in [-0.4, -0.2) is 33.3 Å². The molecule has 0 saturated heterocycles. The maximum absolute atomic E-state index is 5.53. The number of guanidine groups is 1. The fourth-order valence-electron chi connectivity index (χ4n) is 2.26. The highest BCUT2D eigenvalue weighted by molar-refractivity contribution is 14.0. The SMILES string of the molecule is CCOc1ccc(CNC(=NC)NCCc2ccco2)cc1OC.I. The van der Waals surface area contributed by atoms with Gasteiger partial charge in [0.25, 0.3) is 0 Å². The molecule has 0 radical (unpaired) electrons. The van der Waals surface area contributed by atoms with Gasteiger partial charge in [-0.15, -0.1) is 24.0 Å². The Labute approximate surface area is 166 Å². The first kappa shape index (κ1) is 21.1. The summed E-state index contributed by atoms with van der Waals surface area (Å²) in [7, 11) is 3.39. The summed E-state index contributed by atoms with van der Waals surface area (Å²) in [4.78, 5) is 4.22. The number of halogens is 1. The molecule has 0 saturated carbocycles. The lowest BCUT2D eigenvalue weighted by molar-refractivity contribution is 0.310. The lowest BCUT2D eigenvalue weighted by Gasteiger charge is -2.13. The fourth-order valence-corrected chi connectivity index (χ4v) is 2.26. The van der Waals surface area contributed by atoms with E-state index in [0.717, 1.165) is 41.7 Å². The zero-order valence-corrected chi connectivity index (χ0v) is 17.2. The maximum Gasteiger partial charge on any atom is 0.191 e. The second kappa shape index (κ2) is 11.6. The van der Waals surface area contributed by atoms with Gasteiger partial charge in [-0.1, -0.05) is 6.07 Å². The van der Waals surface area contributed by atoms with Crippen LogP contribution in [0.25, 0.3) is 0 Å². The Bertz CT molecular complexity index is 645. The molecular formula is C18H26IN3O3. The monoisotopic (exact) mass is 459 g/mol. The molecule has 25 heavy (non-hydrogen) atoms. The van der Waals surface area contributed by atoms with Gasteiger partial charge in [-0.25, -0.2) is 0 Å². The van der Waals surface area contributed by atoms with Crippen LogP contribution in [0.2, 0.25) is 0 Å². The lowest BCUT2D eigenvalue weighted by atomic mass is 10.2. The molecule has 6 nitrogen and oxygen atoms in total. The van der Waals surface area contributed by atoms with E-state index in [4.69, 9.17) is 13.9 Å². The normalized spacial score (nSPS) is 10.8. The van der Waals surface area contributed by atoms with Gasteiger partial charge in [-0.3, -0.25) is 4.99 Å². The minimum absolute atomic E-state index is 0. The van der Waals surface area contributed by atoms with E-state index in [2.05, 4.69) is 15.6 Å². The van der Waals surface area contributed by atoms with Crippen molar-refractivity contribution in [2.24, 2.45) is 4.99 Å². The Balaban J connectivity index is 0.00000312. The van der Waals surface area contributed by atoms with Gasteiger partial charge in [0.1, 0.15) is 5.76 Å². The molecule has 0 bridgehead atoms. The van der Waals surface area contributed by atoms with E-state index in [9.17, 15) is 0 Å². The van der Waals surface area contributed by atoms with Crippen molar-refractivity contribution in [1.82, 2.24) is 10.6 Å². The van der Waals surface area contributed by atoms with Crippen molar-refractivity contribution in [1.29, 1.82) is 0 Å². The van der Waals surface area contributed by atoms with Crippen LogP contribution in [0.5, 0.6) is 11.5 Å². The second-order valence-electron chi connectivity index (χ2n) is 5.10. The summed E-state index contributed by atoms with van der Waals surface area (Å²) < 4.78 is 16.2. The molecule has 1 aromatic heterocycles. The maximum atomic E-state index is 5.53. The minimum atomic E-state index is 0. The van der Waals surface area contributed by atoms with Crippen LogP contribution in [0.4, 0.5) is 0 Å². The third-order valence-electron chi connectivity index (χ3n) is 3.46. The van der Waals surface area contributed by atoms with Gasteiger partial charge in [-0.2, -0.15) is 0 Å². The molecule has 0 aliphatic rings. The number of hydrogen-bond donors (Lipinski definition) is 2. The number of furan rings is 1. The highest BCUT2D eigenvalue weighted by Gasteiger charge is 2.06. The molecule has 0 aliphatic carbocycles. The third-order valence-corrected chi connectivity index (χ3v) is 3.46. The molecule has 2 aromatic rings. The van der Waals surface area contributed by atoms with Crippen LogP contribution in [0, 0.1) is 0 Å². The first-order valence-corrected chi connectivity index (χ1v) is 8.03. The van der Waals surface area contributed by atoms with Crippen LogP contribution < -0.4 is 20.1 Å². The van der Waals surface area contributed by atoms with E-state index in [0.29, 0.717) is 13.2 Å². The second-order valence-corrected chi connectivity index (χ2v) is 5.10. The Morgan fingerprint density at radius 3 is 2.68 bits per heavy atom. The first-order chi connectivity index (χ1) is 11.8. The van der Waals surface area contributed by atoms with Crippen molar-refractivity contribution in [3.8, 4) is 11.5 Å². The van der Waals surface area contributed by atoms with Crippen molar-refractivity contribution in [2.75, 3.05) is 27.3 Å². The number of methoxy groups -OCH3 is 1. The number of aliphatic imine (C=N–C) groups is 1. The smallest absolute Gasteiger partial charge is 0.191 e. The topological polar surface area (TPSA) is 68.0 Å². The standard InChI is InChI=1S/C18H25N3O3.HI/c1-4-23-16-8-7-14(12-17(16)22-3)13-21-18(19-2)20-10-9-15-6-5-11-24-15;/h5-8,11-12H,4,9-10,13H2,1-3H3,(H2,19,20,21);1H. The molecule has 7 heteroatoms. The summed E-state index contributed by atoms with van der Waals surface area (Å²) >= 11 is 0. The molecule has 0 unspecified atom stereocenters. The number of benzene rings is 1. The Kier molecular flexibility index (Phi) is 9.83. The number of nitrogens with zero attached hydrogens (tertiary/aromatic N) is 1. The van der Waals surface area contributed by atoms with E-state index < -0.39 is 0 Å². The highest BCUT2D eigenvalue weighted by Crippen LogP contribution is 2.27. The first-order valence-electron chi connectivity index (χ1n) is 8.03. The number of rotatable bonds is 8. The molecule has 0 aliphatic heterocycles. The van der Waals surface area contributed by atoms with Crippen molar-refractivity contribution in [3.05, 3.63) is 47.9 Å². The average molecular weight is 459 g/mol. The van der Waals surface area contributed by atoms with E-state index in [1.165, 1.54) is 0 Å². The highest BCUT2D eigenvalue weighted by atomic mass is 127. The molecular weight excluding hydrogens is 433 g/mol. The Hall–Kier alpha value is -1.90. The summed E-state index contributed by atoms with van der Waals surface area (Å²) in [6, 6.07) is 9.75. The van der Waals surface area contributed by atoms with Crippen molar-refractivity contribution < 1.29 is 13.9 Å². The van der Waals surface area contributed by atoms with Crippen LogP contribution in [-0.2, 0) is 13.0 Å². The fraction of sp³-hybridized carbons (Fsp3) is 0.389. The molecule has 1 aromatic carbocycles. The minimum Gasteiger partial charge on any atom is -0.493 e. The predicted molar refractivity (Wildman–Crippen MR) is 110 cm³/mol. The van der Waals surface area contributed by atoms with Crippen LogP contribution in [0.1, 0.15) is 18.2 Å². The van der Waals surface area contributed by atoms with Gasteiger partial charge in [0.2, 0.25) is 0 Å². The van der Waals surface area contributed by atoms with Gasteiger partial charge in [0.15, 0.2) is 17.5 Å². The molecule has 0 fully saturated rings. The van der Waals surface area contributed by atoms with E-state index in [1.807, 2.05) is 37.3 Å². The Morgan fingerprint density at radius 1 is 1.20 bits per heavy atom. The summed E-state index contributed by atoms with van der Waals surface area (Å²) in [5.41, 5.74) is 1.09. The molecule has 138 valence electrons. The van der Waals surface area contributed by atoms with Gasteiger partial charge in [0.05, 0.1) is 20.0 Å². The largest absolute Gasteiger partial charge is 0.493 e. The zero-order valence-electron chi connectivity index (χ0n) is 14.9. The lowest BCUT2D eigenvalue weighted by Crippen LogP contribution is -2.37. The average Bonchev–Trinajstić information content (AvgIpc) is 3.12. The summed E-state index contributed by atoms with van der Waals surface area (Å²) in [5.74, 6) is 3.19. The number of ether oxygens (including phenoxy) is 2. The molecule has 1 heterocycles. The summed E-state index contributed by atoms with van der Waals surface area (Å²) in [6.45, 7) is 3.95. The quantitative estimate of drug-likeness (QED) is 0.361. The molecule has 0 atom stereocenters. The van der Waals surface area contributed by atoms with Gasteiger partial charge in [-0.05, 0) is 36.8 Å².